The van der Waals surface area contributed by atoms with Gasteiger partial charge in [-0.05, 0) is 44.0 Å². The molecule has 0 bridgehead atoms. The zero-order valence-corrected chi connectivity index (χ0v) is 21.9. The highest BCUT2D eigenvalue weighted by Gasteiger charge is 2.28. The minimum absolute atomic E-state index is 0.126. The lowest BCUT2D eigenvalue weighted by Crippen LogP contribution is -2.41. The number of fused-ring (bicyclic) bond motifs is 1. The molecule has 0 radical (unpaired) electrons. The number of thiazole rings is 1. The summed E-state index contributed by atoms with van der Waals surface area (Å²) in [7, 11) is 1.59. The molecule has 190 valence electrons. The van der Waals surface area contributed by atoms with Crippen LogP contribution in [0.5, 0.6) is 5.75 Å². The molecule has 2 N–H and O–H groups in total. The Balaban J connectivity index is 1.18. The number of carbonyl (C=O) groups excluding carboxylic acids is 3. The number of hydrogen-bond acceptors (Lipinski definition) is 8. The maximum atomic E-state index is 13.2. The van der Waals surface area contributed by atoms with Crippen LogP contribution in [-0.4, -0.2) is 52.8 Å². The van der Waals surface area contributed by atoms with E-state index >= 15 is 0 Å². The van der Waals surface area contributed by atoms with Gasteiger partial charge in [0.05, 0.1) is 22.5 Å². The molecular formula is C26H25N5O4S2. The van der Waals surface area contributed by atoms with Crippen molar-refractivity contribution in [2.24, 2.45) is 0 Å². The van der Waals surface area contributed by atoms with Gasteiger partial charge in [0.15, 0.2) is 0 Å². The van der Waals surface area contributed by atoms with E-state index in [9.17, 15) is 14.4 Å². The van der Waals surface area contributed by atoms with Gasteiger partial charge in [0, 0.05) is 40.7 Å². The van der Waals surface area contributed by atoms with Crippen molar-refractivity contribution in [3.8, 4) is 5.75 Å². The number of pyridine rings is 1. The van der Waals surface area contributed by atoms with Gasteiger partial charge < -0.3 is 9.64 Å². The van der Waals surface area contributed by atoms with E-state index in [0.717, 1.165) is 33.6 Å². The van der Waals surface area contributed by atoms with Gasteiger partial charge >= 0.3 is 0 Å². The molecule has 3 amide bonds. The molecule has 0 saturated carbocycles. The van der Waals surface area contributed by atoms with Crippen molar-refractivity contribution in [2.75, 3.05) is 20.2 Å². The first-order chi connectivity index (χ1) is 17.9. The normalized spacial score (nSPS) is 13.9. The predicted octanol–water partition coefficient (Wildman–Crippen LogP) is 4.16. The van der Waals surface area contributed by atoms with E-state index in [1.54, 1.807) is 29.5 Å². The summed E-state index contributed by atoms with van der Waals surface area (Å²) in [5.41, 5.74) is 6.20. The maximum Gasteiger partial charge on any atom is 0.289 e. The Kier molecular flexibility index (Phi) is 7.15. The van der Waals surface area contributed by atoms with Gasteiger partial charge in [0.25, 0.3) is 17.7 Å². The first kappa shape index (κ1) is 24.8. The summed E-state index contributed by atoms with van der Waals surface area (Å²) < 4.78 is 5.48. The Labute approximate surface area is 221 Å². The second-order valence-electron chi connectivity index (χ2n) is 8.68. The summed E-state index contributed by atoms with van der Waals surface area (Å²) in [6, 6.07) is 12.8. The molecule has 0 atom stereocenters. The number of aryl methyl sites for hydroxylation is 1. The Bertz CT molecular complexity index is 1470. The number of para-hydroxylation sites is 1. The fourth-order valence-corrected chi connectivity index (χ4v) is 6.02. The zero-order chi connectivity index (χ0) is 25.9. The van der Waals surface area contributed by atoms with E-state index in [2.05, 4.69) is 20.8 Å². The van der Waals surface area contributed by atoms with Gasteiger partial charge in [-0.2, -0.15) is 0 Å². The monoisotopic (exact) mass is 535 g/mol. The van der Waals surface area contributed by atoms with E-state index in [1.165, 1.54) is 22.7 Å². The van der Waals surface area contributed by atoms with Gasteiger partial charge in [-0.1, -0.05) is 12.1 Å². The molecule has 4 heterocycles. The maximum absolute atomic E-state index is 13.2. The topological polar surface area (TPSA) is 114 Å². The molecule has 5 rings (SSSR count). The molecular weight excluding hydrogens is 510 g/mol. The lowest BCUT2D eigenvalue weighted by molar-refractivity contribution is 0.0706. The Morgan fingerprint density at radius 1 is 1.00 bits per heavy atom. The smallest absolute Gasteiger partial charge is 0.289 e. The first-order valence-electron chi connectivity index (χ1n) is 11.8. The summed E-state index contributed by atoms with van der Waals surface area (Å²) in [6.45, 7) is 3.05. The van der Waals surface area contributed by atoms with Crippen molar-refractivity contribution in [1.29, 1.82) is 0 Å². The number of rotatable bonds is 5. The number of likely N-dealkylation sites (tertiary alicyclic amines) is 1. The number of piperidine rings is 1. The van der Waals surface area contributed by atoms with Crippen LogP contribution in [0.15, 0.2) is 47.8 Å². The molecule has 1 aliphatic heterocycles. The number of thiophene rings is 1. The van der Waals surface area contributed by atoms with Crippen molar-refractivity contribution >= 4 is 51.3 Å². The Morgan fingerprint density at radius 3 is 2.49 bits per heavy atom. The summed E-state index contributed by atoms with van der Waals surface area (Å²) in [5, 5.41) is 3.41. The van der Waals surface area contributed by atoms with Gasteiger partial charge in [0.1, 0.15) is 17.1 Å². The third kappa shape index (κ3) is 5.32. The standard InChI is InChI=1S/C26H25N5O4S2/c1-15-7-8-22(37-15)24(33)30-29-23(32)20-14-36-25(28-20)16-9-11-31(12-10-16)26(34)19-13-21(35-2)17-5-3-4-6-18(17)27-19/h3-8,13-14,16H,9-12H2,1-2H3,(H,29,32)(H,30,33). The van der Waals surface area contributed by atoms with E-state index in [4.69, 9.17) is 4.74 Å². The zero-order valence-electron chi connectivity index (χ0n) is 20.3. The van der Waals surface area contributed by atoms with Crippen LogP contribution >= 0.6 is 22.7 Å². The van der Waals surface area contributed by atoms with Crippen molar-refractivity contribution in [1.82, 2.24) is 25.7 Å². The number of benzene rings is 1. The van der Waals surface area contributed by atoms with Crippen molar-refractivity contribution in [2.45, 2.75) is 25.7 Å². The summed E-state index contributed by atoms with van der Waals surface area (Å²) in [6.07, 6.45) is 1.47. The number of aromatic nitrogens is 2. The van der Waals surface area contributed by atoms with Gasteiger partial charge in [-0.15, -0.1) is 22.7 Å². The van der Waals surface area contributed by atoms with Crippen LogP contribution in [0.2, 0.25) is 0 Å². The van der Waals surface area contributed by atoms with E-state index < -0.39 is 5.91 Å². The lowest BCUT2D eigenvalue weighted by atomic mass is 9.97. The highest BCUT2D eigenvalue weighted by molar-refractivity contribution is 7.14. The number of nitrogens with one attached hydrogen (secondary N) is 2. The third-order valence-electron chi connectivity index (χ3n) is 6.26. The SMILES string of the molecule is COc1cc(C(=O)N2CCC(c3nc(C(=O)NNC(=O)c4ccc(C)s4)cs3)CC2)nc2ccccc12. The van der Waals surface area contributed by atoms with Crippen LogP contribution in [0.4, 0.5) is 0 Å². The van der Waals surface area contributed by atoms with Crippen molar-refractivity contribution < 1.29 is 19.1 Å². The minimum Gasteiger partial charge on any atom is -0.496 e. The highest BCUT2D eigenvalue weighted by atomic mass is 32.1. The molecule has 4 aromatic rings. The molecule has 0 spiro atoms. The number of methoxy groups -OCH3 is 1. The Morgan fingerprint density at radius 2 is 1.76 bits per heavy atom. The number of nitrogens with zero attached hydrogens (tertiary/aromatic N) is 3. The predicted molar refractivity (Wildman–Crippen MR) is 142 cm³/mol. The minimum atomic E-state index is -0.465. The van der Waals surface area contributed by atoms with Crippen LogP contribution in [0.1, 0.15) is 59.3 Å². The number of amides is 3. The summed E-state index contributed by atoms with van der Waals surface area (Å²) >= 11 is 2.77. The number of ether oxygens (including phenoxy) is 1. The summed E-state index contributed by atoms with van der Waals surface area (Å²) in [5.74, 6) is -0.179. The van der Waals surface area contributed by atoms with Crippen molar-refractivity contribution in [3.05, 3.63) is 74.0 Å². The molecule has 9 nitrogen and oxygen atoms in total. The van der Waals surface area contributed by atoms with Crippen LogP contribution in [0.25, 0.3) is 10.9 Å². The molecule has 11 heteroatoms. The molecule has 37 heavy (non-hydrogen) atoms. The fraction of sp³-hybridized carbons (Fsp3) is 0.269. The molecule has 0 aliphatic carbocycles. The van der Waals surface area contributed by atoms with Crippen LogP contribution in [-0.2, 0) is 0 Å². The lowest BCUT2D eigenvalue weighted by Gasteiger charge is -2.31. The molecule has 3 aromatic heterocycles. The molecule has 1 saturated heterocycles. The highest BCUT2D eigenvalue weighted by Crippen LogP contribution is 2.32. The molecule has 1 aromatic carbocycles. The number of hydrazine groups is 1. The average Bonchev–Trinajstić information content (AvgIpc) is 3.60. The quantitative estimate of drug-likeness (QED) is 0.371. The third-order valence-corrected chi connectivity index (χ3v) is 8.26. The second-order valence-corrected chi connectivity index (χ2v) is 10.9. The van der Waals surface area contributed by atoms with E-state index in [0.29, 0.717) is 29.4 Å². The average molecular weight is 536 g/mol. The van der Waals surface area contributed by atoms with Crippen LogP contribution in [0, 0.1) is 6.92 Å². The first-order valence-corrected chi connectivity index (χ1v) is 13.5. The number of hydrogen-bond donors (Lipinski definition) is 2. The van der Waals surface area contributed by atoms with E-state index in [-0.39, 0.29) is 23.4 Å². The van der Waals surface area contributed by atoms with Gasteiger partial charge in [-0.3, -0.25) is 25.2 Å². The van der Waals surface area contributed by atoms with Gasteiger partial charge in [-0.25, -0.2) is 9.97 Å². The van der Waals surface area contributed by atoms with Crippen LogP contribution in [0.3, 0.4) is 0 Å². The van der Waals surface area contributed by atoms with Gasteiger partial charge in [0.2, 0.25) is 0 Å². The van der Waals surface area contributed by atoms with Crippen LogP contribution < -0.4 is 15.6 Å². The molecule has 1 aliphatic rings. The number of carbonyl (C=O) groups is 3. The van der Waals surface area contributed by atoms with E-state index in [1.807, 2.05) is 37.3 Å². The fourth-order valence-electron chi connectivity index (χ4n) is 4.29. The van der Waals surface area contributed by atoms with Crippen molar-refractivity contribution in [3.63, 3.8) is 0 Å². The molecule has 1 fully saturated rings. The molecule has 0 unspecified atom stereocenters. The summed E-state index contributed by atoms with van der Waals surface area (Å²) in [4.78, 5) is 50.2. The largest absolute Gasteiger partial charge is 0.496 e. The Hall–Kier alpha value is -3.83. The second kappa shape index (κ2) is 10.7.